The average molecular weight is 220 g/mol. The van der Waals surface area contributed by atoms with E-state index in [1.807, 2.05) is 0 Å². The molecule has 1 unspecified atom stereocenters. The topological polar surface area (TPSA) is 15.3 Å². The lowest BCUT2D eigenvalue weighted by Crippen LogP contribution is -2.33. The molecule has 16 heavy (non-hydrogen) atoms. The number of nitrogens with zero attached hydrogens (tertiary/aromatic N) is 1. The van der Waals surface area contributed by atoms with Gasteiger partial charge in [-0.15, -0.1) is 6.58 Å². The Morgan fingerprint density at radius 1 is 1.31 bits per heavy atom. The molecule has 1 heterocycles. The molecular weight excluding hydrogens is 196 g/mol. The van der Waals surface area contributed by atoms with Crippen molar-refractivity contribution < 1.29 is 0 Å². The molecule has 0 bridgehead atoms. The Morgan fingerprint density at radius 3 is 2.69 bits per heavy atom. The van der Waals surface area contributed by atoms with Crippen LogP contribution < -0.4 is 5.32 Å². The maximum Gasteiger partial charge on any atom is 0.0163 e. The molecule has 1 N–H and O–H groups in total. The molecule has 1 spiro atoms. The second kappa shape index (κ2) is 4.15. The second-order valence-electron chi connectivity index (χ2n) is 5.99. The van der Waals surface area contributed by atoms with Crippen LogP contribution >= 0.6 is 0 Å². The van der Waals surface area contributed by atoms with Crippen molar-refractivity contribution in [2.75, 3.05) is 26.2 Å². The Morgan fingerprint density at radius 2 is 2.06 bits per heavy atom. The van der Waals surface area contributed by atoms with Gasteiger partial charge in [-0.2, -0.15) is 0 Å². The predicted molar refractivity (Wildman–Crippen MR) is 67.4 cm³/mol. The summed E-state index contributed by atoms with van der Waals surface area (Å²) < 4.78 is 0. The van der Waals surface area contributed by atoms with Crippen molar-refractivity contribution in [1.82, 2.24) is 10.2 Å². The fourth-order valence-corrected chi connectivity index (χ4v) is 3.49. The molecule has 1 atom stereocenters. The third kappa shape index (κ3) is 2.05. The van der Waals surface area contributed by atoms with Gasteiger partial charge in [-0.05, 0) is 56.5 Å². The van der Waals surface area contributed by atoms with Gasteiger partial charge in [0.25, 0.3) is 0 Å². The van der Waals surface area contributed by atoms with Crippen molar-refractivity contribution in [3.63, 3.8) is 0 Å². The zero-order valence-corrected chi connectivity index (χ0v) is 10.3. The van der Waals surface area contributed by atoms with Gasteiger partial charge in [0.2, 0.25) is 0 Å². The second-order valence-corrected chi connectivity index (χ2v) is 5.99. The van der Waals surface area contributed by atoms with Crippen LogP contribution in [0.4, 0.5) is 0 Å². The average Bonchev–Trinajstić information content (AvgIpc) is 3.18. The van der Waals surface area contributed by atoms with E-state index in [1.54, 1.807) is 0 Å². The third-order valence-electron chi connectivity index (χ3n) is 4.84. The van der Waals surface area contributed by atoms with Crippen LogP contribution in [0.5, 0.6) is 0 Å². The van der Waals surface area contributed by atoms with E-state index in [0.29, 0.717) is 0 Å². The van der Waals surface area contributed by atoms with E-state index in [4.69, 9.17) is 0 Å². The SMILES string of the molecule is C=CCN(CC1CC12CCNCC2)C1CC1. The lowest BCUT2D eigenvalue weighted by atomic mass is 9.92. The summed E-state index contributed by atoms with van der Waals surface area (Å²) in [6.07, 6.45) is 9.27. The summed E-state index contributed by atoms with van der Waals surface area (Å²) in [4.78, 5) is 2.68. The van der Waals surface area contributed by atoms with E-state index in [-0.39, 0.29) is 0 Å². The third-order valence-corrected chi connectivity index (χ3v) is 4.84. The molecule has 0 amide bonds. The molecule has 3 aliphatic rings. The predicted octanol–water partition coefficient (Wildman–Crippen LogP) is 2.03. The lowest BCUT2D eigenvalue weighted by molar-refractivity contribution is 0.239. The minimum atomic E-state index is 0.750. The summed E-state index contributed by atoms with van der Waals surface area (Å²) >= 11 is 0. The molecule has 2 nitrogen and oxygen atoms in total. The van der Waals surface area contributed by atoms with E-state index in [0.717, 1.165) is 23.9 Å². The molecule has 0 aromatic rings. The Bertz CT molecular complexity index is 264. The van der Waals surface area contributed by atoms with Crippen molar-refractivity contribution >= 4 is 0 Å². The number of hydrogen-bond donors (Lipinski definition) is 1. The van der Waals surface area contributed by atoms with Crippen LogP contribution in [0.3, 0.4) is 0 Å². The van der Waals surface area contributed by atoms with Crippen molar-refractivity contribution in [3.8, 4) is 0 Å². The molecule has 1 saturated heterocycles. The maximum absolute atomic E-state index is 3.89. The smallest absolute Gasteiger partial charge is 0.0163 e. The van der Waals surface area contributed by atoms with Gasteiger partial charge in [-0.3, -0.25) is 4.90 Å². The van der Waals surface area contributed by atoms with Gasteiger partial charge in [0.05, 0.1) is 0 Å². The molecule has 1 aliphatic heterocycles. The van der Waals surface area contributed by atoms with Gasteiger partial charge in [0, 0.05) is 19.1 Å². The highest BCUT2D eigenvalue weighted by atomic mass is 15.2. The monoisotopic (exact) mass is 220 g/mol. The first-order valence-corrected chi connectivity index (χ1v) is 6.90. The molecule has 0 aromatic carbocycles. The van der Waals surface area contributed by atoms with E-state index in [2.05, 4.69) is 22.9 Å². The molecule has 2 aliphatic carbocycles. The fraction of sp³-hybridized carbons (Fsp3) is 0.857. The van der Waals surface area contributed by atoms with Crippen molar-refractivity contribution in [2.24, 2.45) is 11.3 Å². The normalized spacial score (nSPS) is 31.9. The number of rotatable bonds is 5. The highest BCUT2D eigenvalue weighted by molar-refractivity contribution is 5.06. The van der Waals surface area contributed by atoms with Crippen LogP contribution in [0.15, 0.2) is 12.7 Å². The van der Waals surface area contributed by atoms with Gasteiger partial charge in [0.1, 0.15) is 0 Å². The fourth-order valence-electron chi connectivity index (χ4n) is 3.49. The van der Waals surface area contributed by atoms with E-state index < -0.39 is 0 Å². The van der Waals surface area contributed by atoms with E-state index in [1.165, 1.54) is 51.7 Å². The van der Waals surface area contributed by atoms with E-state index in [9.17, 15) is 0 Å². The molecular formula is C14H24N2. The first kappa shape index (κ1) is 10.8. The van der Waals surface area contributed by atoms with Crippen LogP contribution in [0.25, 0.3) is 0 Å². The van der Waals surface area contributed by atoms with Crippen molar-refractivity contribution in [2.45, 2.75) is 38.1 Å². The van der Waals surface area contributed by atoms with Crippen LogP contribution in [-0.4, -0.2) is 37.1 Å². The van der Waals surface area contributed by atoms with Gasteiger partial charge < -0.3 is 5.32 Å². The highest BCUT2D eigenvalue weighted by Gasteiger charge is 2.54. The summed E-state index contributed by atoms with van der Waals surface area (Å²) in [7, 11) is 0. The number of hydrogen-bond acceptors (Lipinski definition) is 2. The van der Waals surface area contributed by atoms with Gasteiger partial charge in [-0.25, -0.2) is 0 Å². The van der Waals surface area contributed by atoms with Gasteiger partial charge in [0.15, 0.2) is 0 Å². The van der Waals surface area contributed by atoms with Crippen molar-refractivity contribution in [3.05, 3.63) is 12.7 Å². The number of piperidine rings is 1. The molecule has 90 valence electrons. The Hall–Kier alpha value is -0.340. The van der Waals surface area contributed by atoms with Crippen LogP contribution in [0.1, 0.15) is 32.1 Å². The Kier molecular flexibility index (Phi) is 2.80. The molecule has 2 heteroatoms. The van der Waals surface area contributed by atoms with Gasteiger partial charge in [-0.1, -0.05) is 6.08 Å². The quantitative estimate of drug-likeness (QED) is 0.713. The summed E-state index contributed by atoms with van der Waals surface area (Å²) in [5, 5.41) is 3.48. The highest BCUT2D eigenvalue weighted by Crippen LogP contribution is 2.59. The van der Waals surface area contributed by atoms with E-state index >= 15 is 0 Å². The summed E-state index contributed by atoms with van der Waals surface area (Å²) in [6, 6.07) is 0.900. The summed E-state index contributed by atoms with van der Waals surface area (Å²) in [5.41, 5.74) is 0.750. The Labute approximate surface area is 99.1 Å². The minimum absolute atomic E-state index is 0.750. The number of nitrogens with one attached hydrogen (secondary N) is 1. The van der Waals surface area contributed by atoms with Crippen molar-refractivity contribution in [1.29, 1.82) is 0 Å². The summed E-state index contributed by atoms with van der Waals surface area (Å²) in [5.74, 6) is 0.996. The summed E-state index contributed by atoms with van der Waals surface area (Å²) in [6.45, 7) is 8.84. The molecule has 3 fully saturated rings. The van der Waals surface area contributed by atoms with Crippen LogP contribution in [0.2, 0.25) is 0 Å². The molecule has 0 aromatic heterocycles. The standard InChI is InChI=1S/C14H24N2/c1-2-9-16(13-3-4-13)11-12-10-14(12)5-7-15-8-6-14/h2,12-13,15H,1,3-11H2. The Balaban J connectivity index is 1.53. The lowest BCUT2D eigenvalue weighted by Gasteiger charge is -2.26. The molecule has 2 saturated carbocycles. The molecule has 3 rings (SSSR count). The van der Waals surface area contributed by atoms with Crippen LogP contribution in [-0.2, 0) is 0 Å². The zero-order valence-electron chi connectivity index (χ0n) is 10.3. The molecule has 0 radical (unpaired) electrons. The maximum atomic E-state index is 3.89. The minimum Gasteiger partial charge on any atom is -0.317 e. The van der Waals surface area contributed by atoms with Gasteiger partial charge >= 0.3 is 0 Å². The zero-order chi connectivity index (χ0) is 11.0. The first-order chi connectivity index (χ1) is 7.84. The first-order valence-electron chi connectivity index (χ1n) is 6.90. The largest absolute Gasteiger partial charge is 0.317 e. The van der Waals surface area contributed by atoms with Crippen LogP contribution in [0, 0.1) is 11.3 Å².